The van der Waals surface area contributed by atoms with E-state index in [1.807, 2.05) is 4.90 Å². The molecule has 4 nitrogen and oxygen atoms in total. The molecule has 0 radical (unpaired) electrons. The molecule has 0 aromatic heterocycles. The lowest BCUT2D eigenvalue weighted by Crippen LogP contribution is -2.52. The van der Waals surface area contributed by atoms with E-state index in [0.29, 0.717) is 15.7 Å². The number of hydrogen-bond donors (Lipinski definition) is 1. The van der Waals surface area contributed by atoms with Gasteiger partial charge in [0.1, 0.15) is 0 Å². The third kappa shape index (κ3) is 3.67. The molecule has 1 saturated carbocycles. The zero-order chi connectivity index (χ0) is 15.5. The Morgan fingerprint density at radius 1 is 1.09 bits per heavy atom. The standard InChI is InChI=1S/C16H21Cl2N3O/c17-12-5-6-14(18)15(11-12)19-16(22)21-9-7-20(8-10-21)13-3-1-2-4-13/h5-6,11,13H,1-4,7-10H2,(H,19,22). The smallest absolute Gasteiger partial charge is 0.321 e. The summed E-state index contributed by atoms with van der Waals surface area (Å²) in [4.78, 5) is 16.7. The number of piperazine rings is 1. The Hall–Kier alpha value is -0.970. The maximum Gasteiger partial charge on any atom is 0.321 e. The number of amides is 2. The van der Waals surface area contributed by atoms with Crippen LogP contribution in [0.5, 0.6) is 0 Å². The van der Waals surface area contributed by atoms with E-state index in [9.17, 15) is 4.79 Å². The Morgan fingerprint density at radius 2 is 1.77 bits per heavy atom. The summed E-state index contributed by atoms with van der Waals surface area (Å²) < 4.78 is 0. The molecular weight excluding hydrogens is 321 g/mol. The van der Waals surface area contributed by atoms with E-state index < -0.39 is 0 Å². The van der Waals surface area contributed by atoms with E-state index in [2.05, 4.69) is 10.2 Å². The van der Waals surface area contributed by atoms with Crippen molar-refractivity contribution in [1.82, 2.24) is 9.80 Å². The van der Waals surface area contributed by atoms with Crippen molar-refractivity contribution < 1.29 is 4.79 Å². The highest BCUT2D eigenvalue weighted by molar-refractivity contribution is 6.35. The molecule has 2 fully saturated rings. The molecule has 3 rings (SSSR count). The van der Waals surface area contributed by atoms with E-state index in [1.54, 1.807) is 18.2 Å². The Kier molecular flexibility index (Phi) is 5.11. The molecule has 120 valence electrons. The molecule has 6 heteroatoms. The molecule has 1 aromatic rings. The van der Waals surface area contributed by atoms with Crippen LogP contribution in [0.25, 0.3) is 0 Å². The molecule has 22 heavy (non-hydrogen) atoms. The van der Waals surface area contributed by atoms with Gasteiger partial charge in [-0.05, 0) is 31.0 Å². The van der Waals surface area contributed by atoms with Crippen molar-refractivity contribution in [3.63, 3.8) is 0 Å². The lowest BCUT2D eigenvalue weighted by Gasteiger charge is -2.38. The maximum atomic E-state index is 12.4. The van der Waals surface area contributed by atoms with Crippen LogP contribution >= 0.6 is 23.2 Å². The summed E-state index contributed by atoms with van der Waals surface area (Å²) in [7, 11) is 0. The third-order valence-electron chi connectivity index (χ3n) is 4.61. The molecule has 1 saturated heterocycles. The van der Waals surface area contributed by atoms with Gasteiger partial charge in [-0.15, -0.1) is 0 Å². The number of carbonyl (C=O) groups excluding carboxylic acids is 1. The van der Waals surface area contributed by atoms with Crippen LogP contribution in [0.3, 0.4) is 0 Å². The van der Waals surface area contributed by atoms with Gasteiger partial charge in [0.2, 0.25) is 0 Å². The Morgan fingerprint density at radius 3 is 2.45 bits per heavy atom. The van der Waals surface area contributed by atoms with E-state index >= 15 is 0 Å². The Balaban J connectivity index is 1.54. The van der Waals surface area contributed by atoms with Gasteiger partial charge in [-0.3, -0.25) is 4.90 Å². The van der Waals surface area contributed by atoms with Crippen LogP contribution in [-0.2, 0) is 0 Å². The number of nitrogens with zero attached hydrogens (tertiary/aromatic N) is 2. The van der Waals surface area contributed by atoms with Gasteiger partial charge in [0.25, 0.3) is 0 Å². The van der Waals surface area contributed by atoms with Gasteiger partial charge in [-0.2, -0.15) is 0 Å². The minimum Gasteiger partial charge on any atom is -0.322 e. The van der Waals surface area contributed by atoms with Gasteiger partial charge in [-0.25, -0.2) is 4.79 Å². The number of benzene rings is 1. The van der Waals surface area contributed by atoms with E-state index in [4.69, 9.17) is 23.2 Å². The summed E-state index contributed by atoms with van der Waals surface area (Å²) in [5, 5.41) is 3.92. The van der Waals surface area contributed by atoms with Gasteiger partial charge < -0.3 is 10.2 Å². The first-order valence-corrected chi connectivity index (χ1v) is 8.64. The lowest BCUT2D eigenvalue weighted by molar-refractivity contribution is 0.115. The Bertz CT molecular complexity index is 538. The monoisotopic (exact) mass is 341 g/mol. The number of rotatable bonds is 2. The van der Waals surface area contributed by atoms with Crippen molar-refractivity contribution in [3.8, 4) is 0 Å². The average Bonchev–Trinajstić information content (AvgIpc) is 3.05. The van der Waals surface area contributed by atoms with Gasteiger partial charge in [0, 0.05) is 37.2 Å². The van der Waals surface area contributed by atoms with Crippen molar-refractivity contribution in [1.29, 1.82) is 0 Å². The molecule has 1 heterocycles. The van der Waals surface area contributed by atoms with Crippen molar-refractivity contribution in [2.24, 2.45) is 0 Å². The van der Waals surface area contributed by atoms with Gasteiger partial charge in [0.15, 0.2) is 0 Å². The van der Waals surface area contributed by atoms with Crippen LogP contribution in [0.4, 0.5) is 10.5 Å². The number of halogens is 2. The second-order valence-corrected chi connectivity index (χ2v) is 6.86. The van der Waals surface area contributed by atoms with Crippen LogP contribution in [0.1, 0.15) is 25.7 Å². The largest absolute Gasteiger partial charge is 0.322 e. The SMILES string of the molecule is O=C(Nc1cc(Cl)ccc1Cl)N1CCN(C2CCCC2)CC1. The van der Waals surface area contributed by atoms with E-state index in [0.717, 1.165) is 32.2 Å². The fraction of sp³-hybridized carbons (Fsp3) is 0.562. The summed E-state index contributed by atoms with van der Waals surface area (Å²) in [5.74, 6) is 0. The molecule has 0 spiro atoms. The molecule has 1 N–H and O–H groups in total. The summed E-state index contributed by atoms with van der Waals surface area (Å²) in [6.07, 6.45) is 5.31. The molecule has 0 unspecified atom stereocenters. The summed E-state index contributed by atoms with van der Waals surface area (Å²) in [6, 6.07) is 5.71. The second kappa shape index (κ2) is 7.07. The van der Waals surface area contributed by atoms with Crippen LogP contribution in [-0.4, -0.2) is 48.1 Å². The topological polar surface area (TPSA) is 35.6 Å². The first-order valence-electron chi connectivity index (χ1n) is 7.88. The second-order valence-electron chi connectivity index (χ2n) is 6.02. The zero-order valence-corrected chi connectivity index (χ0v) is 14.0. The summed E-state index contributed by atoms with van der Waals surface area (Å²) >= 11 is 12.0. The molecule has 1 aliphatic carbocycles. The Labute approximate surface area is 141 Å². The number of hydrogen-bond acceptors (Lipinski definition) is 2. The fourth-order valence-electron chi connectivity index (χ4n) is 3.35. The first-order chi connectivity index (χ1) is 10.6. The van der Waals surface area contributed by atoms with Gasteiger partial charge in [0.05, 0.1) is 10.7 Å². The highest BCUT2D eigenvalue weighted by Crippen LogP contribution is 2.27. The van der Waals surface area contributed by atoms with Crippen molar-refractivity contribution in [2.75, 3.05) is 31.5 Å². The van der Waals surface area contributed by atoms with E-state index in [1.165, 1.54) is 25.7 Å². The molecule has 1 aromatic carbocycles. The third-order valence-corrected chi connectivity index (χ3v) is 5.18. The van der Waals surface area contributed by atoms with Crippen molar-refractivity contribution in [3.05, 3.63) is 28.2 Å². The zero-order valence-electron chi connectivity index (χ0n) is 12.5. The molecule has 2 aliphatic rings. The molecule has 0 bridgehead atoms. The minimum absolute atomic E-state index is 0.102. The fourth-order valence-corrected chi connectivity index (χ4v) is 3.68. The first kappa shape index (κ1) is 15.9. The average molecular weight is 342 g/mol. The number of anilines is 1. The maximum absolute atomic E-state index is 12.4. The number of carbonyl (C=O) groups is 1. The minimum atomic E-state index is -0.102. The summed E-state index contributed by atoms with van der Waals surface area (Å²) in [5.41, 5.74) is 0.567. The predicted octanol–water partition coefficient (Wildman–Crippen LogP) is 4.09. The van der Waals surface area contributed by atoms with Gasteiger partial charge >= 0.3 is 6.03 Å². The predicted molar refractivity (Wildman–Crippen MR) is 90.9 cm³/mol. The van der Waals surface area contributed by atoms with Crippen LogP contribution in [0.2, 0.25) is 10.0 Å². The van der Waals surface area contributed by atoms with E-state index in [-0.39, 0.29) is 6.03 Å². The quantitative estimate of drug-likeness (QED) is 0.879. The highest BCUT2D eigenvalue weighted by atomic mass is 35.5. The number of nitrogens with one attached hydrogen (secondary N) is 1. The lowest BCUT2D eigenvalue weighted by atomic mass is 10.2. The van der Waals surface area contributed by atoms with Crippen LogP contribution < -0.4 is 5.32 Å². The summed E-state index contributed by atoms with van der Waals surface area (Å²) in [6.45, 7) is 3.45. The molecule has 2 amide bonds. The normalized spacial score (nSPS) is 20.4. The molecular formula is C16H21Cl2N3O. The van der Waals surface area contributed by atoms with Gasteiger partial charge in [-0.1, -0.05) is 36.0 Å². The van der Waals surface area contributed by atoms with Crippen LogP contribution in [0, 0.1) is 0 Å². The van der Waals surface area contributed by atoms with Crippen molar-refractivity contribution in [2.45, 2.75) is 31.7 Å². The molecule has 1 aliphatic heterocycles. The van der Waals surface area contributed by atoms with Crippen LogP contribution in [0.15, 0.2) is 18.2 Å². The highest BCUT2D eigenvalue weighted by Gasteiger charge is 2.27. The molecule has 0 atom stereocenters. The van der Waals surface area contributed by atoms with Crippen molar-refractivity contribution >= 4 is 34.9 Å². The number of urea groups is 1.